The number of rotatable bonds is 10. The maximum Gasteiger partial charge on any atom is 0.347 e. The van der Waals surface area contributed by atoms with Gasteiger partial charge in [0.05, 0.1) is 19.7 Å². The molecule has 4 heterocycles. The Hall–Kier alpha value is -7.41. The molecule has 61 heavy (non-hydrogen) atoms. The van der Waals surface area contributed by atoms with Crippen LogP contribution in [0.25, 0.3) is 33.6 Å². The van der Waals surface area contributed by atoms with Crippen molar-refractivity contribution in [2.24, 2.45) is 0 Å². The Morgan fingerprint density at radius 2 is 0.820 bits per heavy atom. The standard InChI is InChI=1S/2C16H11N4O4.C7H9O3P.2ClH/c2*21-19(22)14-1-2-15(16(11-14)20(23)24)18-9-5-13(6-10-18)12-3-7-17-8-4-12;8-11(9,10)6-7-4-2-1-3-5-7;;/h2*1-11H;1-5H,6H2,(H2,8,9,10);2*1H/q2*+1;;;/p-2. The predicted molar refractivity (Wildman–Crippen MR) is 204 cm³/mol. The Labute approximate surface area is 357 Å². The molecule has 0 saturated carbocycles. The first-order chi connectivity index (χ1) is 28.2. The van der Waals surface area contributed by atoms with Crippen molar-refractivity contribution in [2.45, 2.75) is 6.16 Å². The number of benzene rings is 3. The molecule has 0 aliphatic carbocycles. The lowest BCUT2D eigenvalue weighted by Crippen LogP contribution is -3.00. The van der Waals surface area contributed by atoms with Gasteiger partial charge in [0.15, 0.2) is 49.6 Å². The second-order valence-electron chi connectivity index (χ2n) is 12.2. The summed E-state index contributed by atoms with van der Waals surface area (Å²) in [5.74, 6) is 0. The van der Waals surface area contributed by atoms with E-state index in [2.05, 4.69) is 9.97 Å². The van der Waals surface area contributed by atoms with E-state index in [4.69, 9.17) is 0 Å². The van der Waals surface area contributed by atoms with Crippen molar-refractivity contribution in [3.8, 4) is 33.6 Å². The normalized spacial score (nSPS) is 10.2. The van der Waals surface area contributed by atoms with Crippen LogP contribution in [0.5, 0.6) is 0 Å². The molecule has 0 fully saturated rings. The number of halogens is 2. The van der Waals surface area contributed by atoms with Gasteiger partial charge in [0.2, 0.25) is 0 Å². The highest BCUT2D eigenvalue weighted by molar-refractivity contribution is 7.47. The van der Waals surface area contributed by atoms with Crippen LogP contribution in [-0.4, -0.2) is 19.7 Å². The van der Waals surface area contributed by atoms with Crippen molar-refractivity contribution in [2.75, 3.05) is 0 Å². The fourth-order valence-electron chi connectivity index (χ4n) is 5.50. The van der Waals surface area contributed by atoms with Gasteiger partial charge in [0.1, 0.15) is 12.1 Å². The lowest BCUT2D eigenvalue weighted by atomic mass is 10.1. The Balaban J connectivity index is 0.000000256. The topological polar surface area (TPSA) is 272 Å². The number of nitro groups is 4. The zero-order chi connectivity index (χ0) is 42.5. The van der Waals surface area contributed by atoms with E-state index in [0.717, 1.165) is 34.4 Å². The molecule has 0 bridgehead atoms. The molecule has 0 spiro atoms. The van der Waals surface area contributed by atoms with Gasteiger partial charge in [-0.05, 0) is 27.8 Å². The summed E-state index contributed by atoms with van der Waals surface area (Å²) >= 11 is 0. The Kier molecular flexibility index (Phi) is 17.4. The van der Waals surface area contributed by atoms with Crippen LogP contribution in [0.15, 0.2) is 165 Å². The number of pyridine rings is 4. The lowest BCUT2D eigenvalue weighted by molar-refractivity contribution is -0.601. The summed E-state index contributed by atoms with van der Waals surface area (Å²) in [7, 11) is -4.39. The molecule has 19 nitrogen and oxygen atoms in total. The van der Waals surface area contributed by atoms with Crippen molar-refractivity contribution >= 4 is 30.3 Å². The van der Waals surface area contributed by atoms with Crippen LogP contribution in [0, 0.1) is 40.5 Å². The van der Waals surface area contributed by atoms with Crippen molar-refractivity contribution in [1.29, 1.82) is 0 Å². The van der Waals surface area contributed by atoms with Crippen LogP contribution < -0.4 is 53.7 Å². The molecule has 7 aromatic rings. The fourth-order valence-corrected chi connectivity index (χ4v) is 6.16. The summed E-state index contributed by atoms with van der Waals surface area (Å²) < 4.78 is 13.4. The molecule has 4 aromatic heterocycles. The van der Waals surface area contributed by atoms with Crippen molar-refractivity contribution < 1.29 is 78.0 Å². The minimum atomic E-state index is -4.39. The molecular weight excluding hydrogens is 858 g/mol. The van der Waals surface area contributed by atoms with Gasteiger partial charge < -0.3 is 39.2 Å². The molecule has 0 aliphatic rings. The van der Waals surface area contributed by atoms with Crippen LogP contribution in [0.3, 0.4) is 0 Å². The van der Waals surface area contributed by atoms with E-state index in [0.29, 0.717) is 5.56 Å². The van der Waals surface area contributed by atoms with Crippen LogP contribution in [0.4, 0.5) is 22.7 Å². The number of nitro benzene ring substituents is 4. The minimum Gasteiger partial charge on any atom is -1.00 e. The van der Waals surface area contributed by atoms with Gasteiger partial charge in [-0.2, -0.15) is 9.13 Å². The van der Waals surface area contributed by atoms with E-state index in [1.807, 2.05) is 48.5 Å². The largest absolute Gasteiger partial charge is 1.00 e. The summed E-state index contributed by atoms with van der Waals surface area (Å²) in [6.45, 7) is 0. The summed E-state index contributed by atoms with van der Waals surface area (Å²) in [6, 6.07) is 30.5. The number of H-pyrrole nitrogens is 2. The number of nitrogens with zero attached hydrogens (tertiary/aromatic N) is 6. The highest BCUT2D eigenvalue weighted by atomic mass is 35.5. The SMILES string of the molecule is O=P([O-])([O-])Cc1ccccc1.O=[N+]([O-])c1ccc(-[n+]2ccc(-c3cc[nH+]cc3)cc2)c([N+](=O)[O-])c1.O=[N+]([O-])c1ccc(-[n+]2ccc(-c3cc[nH+]cc3)cc2)c([N+](=O)[O-])c1.[Cl-].[Cl-]. The number of aromatic amines is 2. The van der Waals surface area contributed by atoms with Gasteiger partial charge in [-0.3, -0.25) is 40.5 Å². The average molecular weight is 890 g/mol. The quantitative estimate of drug-likeness (QED) is 0.0669. The summed E-state index contributed by atoms with van der Waals surface area (Å²) in [5.41, 5.74) is 3.68. The zero-order valence-corrected chi connectivity index (χ0v) is 33.6. The van der Waals surface area contributed by atoms with Crippen molar-refractivity contribution in [1.82, 2.24) is 0 Å². The fraction of sp³-hybridized carbons (Fsp3) is 0.0256. The highest BCUT2D eigenvalue weighted by Crippen LogP contribution is 2.29. The highest BCUT2D eigenvalue weighted by Gasteiger charge is 2.27. The van der Waals surface area contributed by atoms with Gasteiger partial charge in [-0.1, -0.05) is 37.9 Å². The summed E-state index contributed by atoms with van der Waals surface area (Å²) in [5, 5.41) is 44.0. The molecule has 0 radical (unpaired) electrons. The van der Waals surface area contributed by atoms with Crippen LogP contribution >= 0.6 is 7.60 Å². The van der Waals surface area contributed by atoms with Gasteiger partial charge in [0, 0.05) is 79.0 Å². The van der Waals surface area contributed by atoms with Gasteiger partial charge >= 0.3 is 11.4 Å². The second-order valence-corrected chi connectivity index (χ2v) is 13.7. The number of hydrogen-bond donors (Lipinski definition) is 0. The van der Waals surface area contributed by atoms with E-state index < -0.39 is 33.5 Å². The molecule has 0 unspecified atom stereocenters. The zero-order valence-electron chi connectivity index (χ0n) is 31.2. The van der Waals surface area contributed by atoms with E-state index in [1.165, 1.54) is 24.3 Å². The monoisotopic (exact) mass is 888 g/mol. The number of aromatic nitrogens is 4. The molecule has 0 aliphatic heterocycles. The average Bonchev–Trinajstić information content (AvgIpc) is 3.24. The maximum absolute atomic E-state index is 11.2. The Bertz CT molecular complexity index is 2490. The smallest absolute Gasteiger partial charge is 0.347 e. The summed E-state index contributed by atoms with van der Waals surface area (Å²) in [4.78, 5) is 67.9. The Morgan fingerprint density at radius 1 is 0.475 bits per heavy atom. The van der Waals surface area contributed by atoms with Gasteiger partial charge in [-0.25, -0.2) is 9.97 Å². The number of non-ortho nitro benzene ring substituents is 2. The third-order valence-corrected chi connectivity index (χ3v) is 9.02. The summed E-state index contributed by atoms with van der Waals surface area (Å²) in [6.07, 6.45) is 13.5. The van der Waals surface area contributed by atoms with Crippen molar-refractivity contribution in [3.63, 3.8) is 0 Å². The third-order valence-electron chi connectivity index (χ3n) is 8.27. The van der Waals surface area contributed by atoms with Crippen LogP contribution in [0.2, 0.25) is 0 Å². The molecule has 0 saturated heterocycles. The second kappa shape index (κ2) is 22.1. The minimum absolute atomic E-state index is 0. The number of hydrogen-bond acceptors (Lipinski definition) is 11. The maximum atomic E-state index is 11.2. The van der Waals surface area contributed by atoms with E-state index in [1.54, 1.807) is 89.0 Å². The first-order valence-electron chi connectivity index (χ1n) is 17.1. The van der Waals surface area contributed by atoms with E-state index in [-0.39, 0.29) is 58.9 Å². The van der Waals surface area contributed by atoms with Gasteiger partial charge in [-0.15, -0.1) is 0 Å². The number of nitrogens with one attached hydrogen (secondary N) is 2. The molecule has 0 amide bonds. The molecular formula is C39H31Cl2N8O11P. The first-order valence-corrected chi connectivity index (χ1v) is 18.8. The Morgan fingerprint density at radius 3 is 1.13 bits per heavy atom. The van der Waals surface area contributed by atoms with E-state index >= 15 is 0 Å². The molecule has 2 N–H and O–H groups in total. The third kappa shape index (κ3) is 13.6. The molecule has 0 atom stereocenters. The molecule has 22 heteroatoms. The van der Waals surface area contributed by atoms with E-state index in [9.17, 15) is 54.8 Å². The lowest BCUT2D eigenvalue weighted by Gasteiger charge is -2.29. The van der Waals surface area contributed by atoms with Crippen molar-refractivity contribution in [3.05, 3.63) is 211 Å². The predicted octanol–water partition coefficient (Wildman–Crippen LogP) is -1.37. The molecule has 7 rings (SSSR count). The van der Waals surface area contributed by atoms with Crippen LogP contribution in [0.1, 0.15) is 5.56 Å². The molecule has 3 aromatic carbocycles. The van der Waals surface area contributed by atoms with Crippen LogP contribution in [-0.2, 0) is 10.7 Å². The van der Waals surface area contributed by atoms with Gasteiger partial charge in [0.25, 0.3) is 22.7 Å². The molecule has 312 valence electrons. The first kappa shape index (κ1) is 48.0.